The second-order valence-corrected chi connectivity index (χ2v) is 6.52. The summed E-state index contributed by atoms with van der Waals surface area (Å²) in [6.45, 7) is 0. The molecule has 0 saturated heterocycles. The Balaban J connectivity index is 2.20. The highest BCUT2D eigenvalue weighted by Gasteiger charge is 2.23. The highest BCUT2D eigenvalue weighted by atomic mass is 32.2. The van der Waals surface area contributed by atoms with Crippen LogP contribution in [0.5, 0.6) is 0 Å². The summed E-state index contributed by atoms with van der Waals surface area (Å²) in [4.78, 5) is 36.4. The lowest BCUT2D eigenvalue weighted by molar-refractivity contribution is -0.141. The van der Waals surface area contributed by atoms with Gasteiger partial charge in [0.15, 0.2) is 0 Å². The van der Waals surface area contributed by atoms with Crippen LogP contribution in [0.1, 0.15) is 22.5 Å². The minimum absolute atomic E-state index is 0.103. The summed E-state index contributed by atoms with van der Waals surface area (Å²) in [6.07, 6.45) is 4.90. The number of aliphatic carboxylic acids is 1. The SMILES string of the molecule is CSCC[C@@H](NC(=O)/C(=C\c1ccco1)NC(=O)c1ccccc1)C(=O)O. The van der Waals surface area contributed by atoms with E-state index in [1.165, 1.54) is 24.1 Å². The molecule has 1 heterocycles. The van der Waals surface area contributed by atoms with Crippen molar-refractivity contribution in [3.63, 3.8) is 0 Å². The number of nitrogens with one attached hydrogen (secondary N) is 2. The van der Waals surface area contributed by atoms with Crippen LogP contribution >= 0.6 is 11.8 Å². The monoisotopic (exact) mass is 388 g/mol. The van der Waals surface area contributed by atoms with E-state index >= 15 is 0 Å². The number of rotatable bonds is 9. The van der Waals surface area contributed by atoms with Crippen molar-refractivity contribution in [2.24, 2.45) is 0 Å². The Kier molecular flexibility index (Phi) is 7.69. The molecule has 1 atom stereocenters. The molecular weight excluding hydrogens is 368 g/mol. The van der Waals surface area contributed by atoms with Gasteiger partial charge in [0.1, 0.15) is 17.5 Å². The Morgan fingerprint density at radius 2 is 1.93 bits per heavy atom. The zero-order valence-corrected chi connectivity index (χ0v) is 15.5. The van der Waals surface area contributed by atoms with Gasteiger partial charge in [-0.3, -0.25) is 9.59 Å². The van der Waals surface area contributed by atoms with Gasteiger partial charge in [0.2, 0.25) is 0 Å². The molecule has 27 heavy (non-hydrogen) atoms. The maximum Gasteiger partial charge on any atom is 0.326 e. The molecule has 2 aromatic rings. The van der Waals surface area contributed by atoms with Crippen molar-refractivity contribution in [1.29, 1.82) is 0 Å². The molecule has 0 unspecified atom stereocenters. The van der Waals surface area contributed by atoms with Crippen LogP contribution in [0.4, 0.5) is 0 Å². The molecule has 8 heteroatoms. The average Bonchev–Trinajstić information content (AvgIpc) is 3.18. The van der Waals surface area contributed by atoms with Crippen molar-refractivity contribution in [3.05, 3.63) is 65.7 Å². The minimum atomic E-state index is -1.14. The normalized spacial score (nSPS) is 12.3. The van der Waals surface area contributed by atoms with E-state index in [9.17, 15) is 19.5 Å². The first-order chi connectivity index (χ1) is 13.0. The lowest BCUT2D eigenvalue weighted by Crippen LogP contribution is -2.44. The summed E-state index contributed by atoms with van der Waals surface area (Å²) < 4.78 is 5.19. The summed E-state index contributed by atoms with van der Waals surface area (Å²) >= 11 is 1.48. The van der Waals surface area contributed by atoms with E-state index < -0.39 is 23.8 Å². The van der Waals surface area contributed by atoms with Crippen molar-refractivity contribution in [3.8, 4) is 0 Å². The number of carbonyl (C=O) groups is 3. The third-order valence-corrected chi connectivity index (χ3v) is 4.22. The smallest absolute Gasteiger partial charge is 0.326 e. The second-order valence-electron chi connectivity index (χ2n) is 5.54. The molecule has 1 aromatic heterocycles. The lowest BCUT2D eigenvalue weighted by atomic mass is 10.2. The van der Waals surface area contributed by atoms with E-state index in [0.29, 0.717) is 17.1 Å². The predicted molar refractivity (Wildman–Crippen MR) is 103 cm³/mol. The van der Waals surface area contributed by atoms with Crippen LogP contribution in [0.2, 0.25) is 0 Å². The molecule has 0 radical (unpaired) electrons. The van der Waals surface area contributed by atoms with Crippen LogP contribution in [0.3, 0.4) is 0 Å². The third-order valence-electron chi connectivity index (χ3n) is 3.57. The summed E-state index contributed by atoms with van der Waals surface area (Å²) in [5.41, 5.74) is 0.266. The van der Waals surface area contributed by atoms with Crippen LogP contribution < -0.4 is 10.6 Å². The van der Waals surface area contributed by atoms with Gasteiger partial charge in [-0.25, -0.2) is 4.79 Å². The number of hydrogen-bond donors (Lipinski definition) is 3. The zero-order chi connectivity index (χ0) is 19.6. The van der Waals surface area contributed by atoms with E-state index in [1.54, 1.807) is 42.5 Å². The van der Waals surface area contributed by atoms with Crippen molar-refractivity contribution < 1.29 is 23.9 Å². The number of carboxylic acid groups (broad SMARTS) is 1. The fourth-order valence-corrected chi connectivity index (χ4v) is 2.66. The second kappa shape index (κ2) is 10.2. The van der Waals surface area contributed by atoms with E-state index in [0.717, 1.165) is 0 Å². The van der Waals surface area contributed by atoms with Crippen LogP contribution in [0.25, 0.3) is 6.08 Å². The summed E-state index contributed by atoms with van der Waals surface area (Å²) in [7, 11) is 0. The quantitative estimate of drug-likeness (QED) is 0.569. The Bertz CT molecular complexity index is 803. The maximum absolute atomic E-state index is 12.6. The molecule has 0 saturated carbocycles. The first kappa shape index (κ1) is 20.3. The highest BCUT2D eigenvalue weighted by molar-refractivity contribution is 7.98. The van der Waals surface area contributed by atoms with Gasteiger partial charge < -0.3 is 20.2 Å². The molecule has 3 N–H and O–H groups in total. The van der Waals surface area contributed by atoms with Gasteiger partial charge in [-0.2, -0.15) is 11.8 Å². The Morgan fingerprint density at radius 1 is 1.19 bits per heavy atom. The molecule has 0 spiro atoms. The fraction of sp³-hybridized carbons (Fsp3) is 0.211. The first-order valence-corrected chi connectivity index (χ1v) is 9.55. The van der Waals surface area contributed by atoms with Gasteiger partial charge >= 0.3 is 5.97 Å². The summed E-state index contributed by atoms with van der Waals surface area (Å²) in [5.74, 6) is -1.40. The topological polar surface area (TPSA) is 109 Å². The highest BCUT2D eigenvalue weighted by Crippen LogP contribution is 2.09. The minimum Gasteiger partial charge on any atom is -0.480 e. The van der Waals surface area contributed by atoms with Gasteiger partial charge in [0, 0.05) is 11.6 Å². The molecule has 2 rings (SSSR count). The zero-order valence-electron chi connectivity index (χ0n) is 14.7. The number of carboxylic acids is 1. The van der Waals surface area contributed by atoms with Crippen LogP contribution in [-0.4, -0.2) is 40.9 Å². The number of thioether (sulfide) groups is 1. The maximum atomic E-state index is 12.6. The van der Waals surface area contributed by atoms with Gasteiger partial charge in [-0.15, -0.1) is 0 Å². The number of furan rings is 1. The molecule has 0 aliphatic rings. The Morgan fingerprint density at radius 3 is 2.52 bits per heavy atom. The van der Waals surface area contributed by atoms with Crippen molar-refractivity contribution in [2.75, 3.05) is 12.0 Å². The van der Waals surface area contributed by atoms with E-state index in [-0.39, 0.29) is 12.1 Å². The van der Waals surface area contributed by atoms with E-state index in [2.05, 4.69) is 10.6 Å². The fourth-order valence-electron chi connectivity index (χ4n) is 2.19. The lowest BCUT2D eigenvalue weighted by Gasteiger charge is -2.16. The Labute approximate surface area is 160 Å². The molecule has 0 fully saturated rings. The average molecular weight is 388 g/mol. The van der Waals surface area contributed by atoms with Crippen LogP contribution in [-0.2, 0) is 9.59 Å². The molecular formula is C19H20N2O5S. The van der Waals surface area contributed by atoms with Gasteiger partial charge in [-0.05, 0) is 42.7 Å². The number of benzene rings is 1. The van der Waals surface area contributed by atoms with Gasteiger partial charge in [-0.1, -0.05) is 18.2 Å². The molecule has 1 aromatic carbocycles. The van der Waals surface area contributed by atoms with Crippen LogP contribution in [0.15, 0.2) is 58.8 Å². The number of amides is 2. The molecule has 2 amide bonds. The molecule has 0 aliphatic heterocycles. The van der Waals surface area contributed by atoms with E-state index in [4.69, 9.17) is 4.42 Å². The number of carbonyl (C=O) groups excluding carboxylic acids is 2. The summed E-state index contributed by atoms with van der Waals surface area (Å²) in [6, 6.07) is 10.6. The molecule has 0 bridgehead atoms. The Hall–Kier alpha value is -3.00. The van der Waals surface area contributed by atoms with Gasteiger partial charge in [0.25, 0.3) is 11.8 Å². The standard InChI is InChI=1S/C19H20N2O5S/c1-27-11-9-15(19(24)25)20-18(23)16(12-14-8-5-10-26-14)21-17(22)13-6-3-2-4-7-13/h2-8,10,12,15H,9,11H2,1H3,(H,20,23)(H,21,22)(H,24,25)/b16-12+/t15-/m1/s1. The predicted octanol–water partition coefficient (Wildman–Crippen LogP) is 2.37. The first-order valence-electron chi connectivity index (χ1n) is 8.15. The van der Waals surface area contributed by atoms with Crippen molar-refractivity contribution in [2.45, 2.75) is 12.5 Å². The number of hydrogen-bond acceptors (Lipinski definition) is 5. The molecule has 0 aliphatic carbocycles. The van der Waals surface area contributed by atoms with Crippen molar-refractivity contribution >= 4 is 35.6 Å². The molecule has 7 nitrogen and oxygen atoms in total. The third kappa shape index (κ3) is 6.34. The van der Waals surface area contributed by atoms with Gasteiger partial charge in [0.05, 0.1) is 6.26 Å². The van der Waals surface area contributed by atoms with Crippen molar-refractivity contribution in [1.82, 2.24) is 10.6 Å². The summed E-state index contributed by atoms with van der Waals surface area (Å²) in [5, 5.41) is 14.3. The molecule has 142 valence electrons. The van der Waals surface area contributed by atoms with Crippen LogP contribution in [0, 0.1) is 0 Å². The largest absolute Gasteiger partial charge is 0.480 e. The van der Waals surface area contributed by atoms with E-state index in [1.807, 2.05) is 6.26 Å².